The van der Waals surface area contributed by atoms with Crippen LogP contribution in [-0.4, -0.2) is 30.4 Å². The molecule has 1 fully saturated rings. The third-order valence-corrected chi connectivity index (χ3v) is 6.12. The van der Waals surface area contributed by atoms with Crippen LogP contribution in [0.2, 0.25) is 0 Å². The third-order valence-electron chi connectivity index (χ3n) is 6.12. The zero-order valence-corrected chi connectivity index (χ0v) is 18.0. The van der Waals surface area contributed by atoms with Gasteiger partial charge in [-0.3, -0.25) is 4.79 Å². The zero-order valence-electron chi connectivity index (χ0n) is 18.0. The number of likely N-dealkylation sites (tertiary alicyclic amines) is 1. The Labute approximate surface area is 182 Å². The second kappa shape index (κ2) is 10.8. The number of rotatable bonds is 8. The van der Waals surface area contributed by atoms with Gasteiger partial charge in [0.1, 0.15) is 0 Å². The molecule has 3 nitrogen and oxygen atoms in total. The first-order chi connectivity index (χ1) is 14.9. The van der Waals surface area contributed by atoms with Crippen LogP contribution in [0, 0.1) is 11.8 Å². The summed E-state index contributed by atoms with van der Waals surface area (Å²) < 4.78 is 39.1. The Morgan fingerprint density at radius 2 is 1.81 bits per heavy atom. The number of carbonyl (C=O) groups excluding carboxylic acids is 1. The minimum absolute atomic E-state index is 0.193. The average molecular weight is 433 g/mol. The summed E-state index contributed by atoms with van der Waals surface area (Å²) in [7, 11) is 0. The van der Waals surface area contributed by atoms with Gasteiger partial charge in [-0.05, 0) is 75.0 Å². The molecule has 1 heterocycles. The molecule has 31 heavy (non-hydrogen) atoms. The maximum absolute atomic E-state index is 13.2. The first-order valence-corrected chi connectivity index (χ1v) is 11.1. The van der Waals surface area contributed by atoms with E-state index in [1.807, 2.05) is 30.3 Å². The van der Waals surface area contributed by atoms with Crippen LogP contribution < -0.4 is 5.32 Å². The molecule has 168 valence electrons. The lowest BCUT2D eigenvalue weighted by molar-refractivity contribution is -0.137. The van der Waals surface area contributed by atoms with Crippen LogP contribution in [0.5, 0.6) is 0 Å². The topological polar surface area (TPSA) is 32.3 Å². The van der Waals surface area contributed by atoms with E-state index >= 15 is 0 Å². The largest absolute Gasteiger partial charge is 0.416 e. The monoisotopic (exact) mass is 432 g/mol. The molecule has 1 aliphatic heterocycles. The maximum Gasteiger partial charge on any atom is 0.416 e. The Hall–Kier alpha value is -2.34. The fourth-order valence-electron chi connectivity index (χ4n) is 4.31. The highest BCUT2D eigenvalue weighted by Crippen LogP contribution is 2.32. The van der Waals surface area contributed by atoms with Gasteiger partial charge in [-0.2, -0.15) is 13.2 Å². The number of piperidine rings is 1. The number of halogens is 3. The number of benzene rings is 2. The van der Waals surface area contributed by atoms with Crippen molar-refractivity contribution < 1.29 is 18.0 Å². The van der Waals surface area contributed by atoms with E-state index in [0.717, 1.165) is 56.6 Å². The van der Waals surface area contributed by atoms with E-state index in [-0.39, 0.29) is 23.4 Å². The molecule has 1 unspecified atom stereocenters. The number of carbonyl (C=O) groups is 1. The predicted molar refractivity (Wildman–Crippen MR) is 118 cm³/mol. The molecule has 6 heteroatoms. The second-order valence-corrected chi connectivity index (χ2v) is 8.40. The standard InChI is InChI=1S/C25H31F3N2O/c1-2-3-14-30-15-12-20(13-16-30)23(17-19-8-5-4-6-9-19)24(31)29-22-11-7-10-21(18-22)25(26,27)28/h4-11,18,20,23H,2-3,12-17H2,1H3,(H,29,31). The van der Waals surface area contributed by atoms with Gasteiger partial charge in [0.2, 0.25) is 5.91 Å². The Bertz CT molecular complexity index is 830. The van der Waals surface area contributed by atoms with E-state index in [9.17, 15) is 18.0 Å². The molecular formula is C25H31F3N2O. The van der Waals surface area contributed by atoms with Crippen molar-refractivity contribution in [3.05, 3.63) is 65.7 Å². The van der Waals surface area contributed by atoms with Gasteiger partial charge in [0.05, 0.1) is 5.56 Å². The van der Waals surface area contributed by atoms with Crippen molar-refractivity contribution in [2.75, 3.05) is 25.0 Å². The summed E-state index contributed by atoms with van der Waals surface area (Å²) >= 11 is 0. The molecule has 1 atom stereocenters. The highest BCUT2D eigenvalue weighted by atomic mass is 19.4. The second-order valence-electron chi connectivity index (χ2n) is 8.40. The van der Waals surface area contributed by atoms with Gasteiger partial charge in [-0.25, -0.2) is 0 Å². The summed E-state index contributed by atoms with van der Waals surface area (Å²) in [5.74, 6) is -0.260. The predicted octanol–water partition coefficient (Wildman–Crippen LogP) is 6.01. The maximum atomic E-state index is 13.2. The molecule has 0 spiro atoms. The molecule has 1 saturated heterocycles. The number of alkyl halides is 3. The van der Waals surface area contributed by atoms with Crippen LogP contribution in [0.1, 0.15) is 43.7 Å². The summed E-state index contributed by atoms with van der Waals surface area (Å²) in [5.41, 5.74) is 0.507. The quantitative estimate of drug-likeness (QED) is 0.554. The minimum atomic E-state index is -4.44. The summed E-state index contributed by atoms with van der Waals surface area (Å²) in [4.78, 5) is 15.7. The van der Waals surface area contributed by atoms with Gasteiger partial charge < -0.3 is 10.2 Å². The van der Waals surface area contributed by atoms with Gasteiger partial charge in [-0.1, -0.05) is 49.7 Å². The molecule has 1 aliphatic rings. The number of amides is 1. The number of anilines is 1. The number of hydrogen-bond donors (Lipinski definition) is 1. The van der Waals surface area contributed by atoms with Crippen molar-refractivity contribution in [2.24, 2.45) is 11.8 Å². The van der Waals surface area contributed by atoms with Crippen molar-refractivity contribution in [1.29, 1.82) is 0 Å². The lowest BCUT2D eigenvalue weighted by atomic mass is 9.80. The van der Waals surface area contributed by atoms with Crippen molar-refractivity contribution in [1.82, 2.24) is 4.90 Å². The summed E-state index contributed by atoms with van der Waals surface area (Å²) in [5, 5.41) is 2.77. The van der Waals surface area contributed by atoms with Crippen molar-refractivity contribution in [2.45, 2.75) is 45.2 Å². The molecule has 0 saturated carbocycles. The van der Waals surface area contributed by atoms with Gasteiger partial charge in [0.25, 0.3) is 0 Å². The Morgan fingerprint density at radius 3 is 2.45 bits per heavy atom. The van der Waals surface area contributed by atoms with E-state index in [4.69, 9.17) is 0 Å². The molecule has 1 amide bonds. The molecule has 1 N–H and O–H groups in total. The summed E-state index contributed by atoms with van der Waals surface area (Å²) in [6.07, 6.45) is 0.347. The third kappa shape index (κ3) is 6.82. The number of nitrogens with zero attached hydrogens (tertiary/aromatic N) is 1. The fourth-order valence-corrected chi connectivity index (χ4v) is 4.31. The molecule has 0 aliphatic carbocycles. The summed E-state index contributed by atoms with van der Waals surface area (Å²) in [6, 6.07) is 14.7. The van der Waals surface area contributed by atoms with E-state index < -0.39 is 11.7 Å². The number of nitrogens with one attached hydrogen (secondary N) is 1. The van der Waals surface area contributed by atoms with Crippen LogP contribution in [0.15, 0.2) is 54.6 Å². The van der Waals surface area contributed by atoms with Crippen molar-refractivity contribution >= 4 is 11.6 Å². The Morgan fingerprint density at radius 1 is 1.10 bits per heavy atom. The lowest BCUT2D eigenvalue weighted by Crippen LogP contribution is -2.40. The molecule has 2 aromatic carbocycles. The number of unbranched alkanes of at least 4 members (excludes halogenated alkanes) is 1. The molecular weight excluding hydrogens is 401 g/mol. The highest BCUT2D eigenvalue weighted by molar-refractivity contribution is 5.93. The van der Waals surface area contributed by atoms with Gasteiger partial charge in [0.15, 0.2) is 0 Å². The van der Waals surface area contributed by atoms with Crippen LogP contribution in [0.25, 0.3) is 0 Å². The lowest BCUT2D eigenvalue weighted by Gasteiger charge is -2.35. The first-order valence-electron chi connectivity index (χ1n) is 11.1. The van der Waals surface area contributed by atoms with Gasteiger partial charge >= 0.3 is 6.18 Å². The Kier molecular flexibility index (Phi) is 8.13. The molecule has 0 radical (unpaired) electrons. The van der Waals surface area contributed by atoms with E-state index in [1.54, 1.807) is 0 Å². The molecule has 0 bridgehead atoms. The number of hydrogen-bond acceptors (Lipinski definition) is 2. The van der Waals surface area contributed by atoms with Gasteiger partial charge in [-0.15, -0.1) is 0 Å². The van der Waals surface area contributed by atoms with E-state index in [1.165, 1.54) is 18.6 Å². The van der Waals surface area contributed by atoms with E-state index in [2.05, 4.69) is 17.1 Å². The van der Waals surface area contributed by atoms with Crippen LogP contribution in [0.3, 0.4) is 0 Å². The molecule has 2 aromatic rings. The van der Waals surface area contributed by atoms with Gasteiger partial charge in [0, 0.05) is 11.6 Å². The molecule has 0 aromatic heterocycles. The minimum Gasteiger partial charge on any atom is -0.326 e. The van der Waals surface area contributed by atoms with Crippen molar-refractivity contribution in [3.8, 4) is 0 Å². The SMILES string of the molecule is CCCCN1CCC(C(Cc2ccccc2)C(=O)Nc2cccc(C(F)(F)F)c2)CC1. The first kappa shape index (κ1) is 23.3. The van der Waals surface area contributed by atoms with Crippen LogP contribution in [-0.2, 0) is 17.4 Å². The smallest absolute Gasteiger partial charge is 0.326 e. The average Bonchev–Trinajstić information content (AvgIpc) is 2.77. The summed E-state index contributed by atoms with van der Waals surface area (Å²) in [6.45, 7) is 5.20. The molecule has 3 rings (SSSR count). The van der Waals surface area contributed by atoms with Crippen LogP contribution >= 0.6 is 0 Å². The fraction of sp³-hybridized carbons (Fsp3) is 0.480. The van der Waals surface area contributed by atoms with Crippen molar-refractivity contribution in [3.63, 3.8) is 0 Å². The van der Waals surface area contributed by atoms with E-state index in [0.29, 0.717) is 6.42 Å². The zero-order chi connectivity index (χ0) is 22.3. The Balaban J connectivity index is 1.73. The normalized spacial score (nSPS) is 16.8. The highest BCUT2D eigenvalue weighted by Gasteiger charge is 2.33. The van der Waals surface area contributed by atoms with Crippen LogP contribution in [0.4, 0.5) is 18.9 Å².